The lowest BCUT2D eigenvalue weighted by atomic mass is 10.1. The fourth-order valence-electron chi connectivity index (χ4n) is 2.68. The number of carbonyl (C=O) groups excluding carboxylic acids is 3. The maximum absolute atomic E-state index is 13.9. The second kappa shape index (κ2) is 10.7. The lowest BCUT2D eigenvalue weighted by Crippen LogP contribution is -2.22. The molecule has 0 bridgehead atoms. The number of anilines is 1. The Hall–Kier alpha value is -3.53. The van der Waals surface area contributed by atoms with Crippen LogP contribution in [0, 0.1) is 11.6 Å². The van der Waals surface area contributed by atoms with Crippen LogP contribution >= 0.6 is 15.9 Å². The quantitative estimate of drug-likeness (QED) is 0.304. The summed E-state index contributed by atoms with van der Waals surface area (Å²) in [7, 11) is 0. The van der Waals surface area contributed by atoms with Gasteiger partial charge in [-0.05, 0) is 44.2 Å². The van der Waals surface area contributed by atoms with Gasteiger partial charge in [0, 0.05) is 44.7 Å². The first-order valence-corrected chi connectivity index (χ1v) is 9.93. The molecule has 0 heterocycles. The summed E-state index contributed by atoms with van der Waals surface area (Å²) in [4.78, 5) is 36.2. The zero-order valence-electron chi connectivity index (χ0n) is 17.2. The molecule has 32 heavy (non-hydrogen) atoms. The highest BCUT2D eigenvalue weighted by molar-refractivity contribution is 9.11. The van der Waals surface area contributed by atoms with Crippen molar-refractivity contribution in [2.75, 3.05) is 4.90 Å². The normalized spacial score (nSPS) is 12.1. The van der Waals surface area contributed by atoms with Crippen LogP contribution in [0.3, 0.4) is 0 Å². The first kappa shape index (κ1) is 24.7. The van der Waals surface area contributed by atoms with E-state index in [2.05, 4.69) is 15.9 Å². The summed E-state index contributed by atoms with van der Waals surface area (Å²) in [6.07, 6.45) is 1.96. The average Bonchev–Trinajstić information content (AvgIpc) is 2.72. The van der Waals surface area contributed by atoms with E-state index in [1.807, 2.05) is 0 Å². The first-order valence-electron chi connectivity index (χ1n) is 9.14. The molecule has 3 amide bonds. The molecule has 0 spiro atoms. The van der Waals surface area contributed by atoms with Crippen LogP contribution in [-0.2, 0) is 16.1 Å². The van der Waals surface area contributed by atoms with Gasteiger partial charge < -0.3 is 16.2 Å². The van der Waals surface area contributed by atoms with Gasteiger partial charge in [0.15, 0.2) is 0 Å². The number of halogens is 3. The summed E-state index contributed by atoms with van der Waals surface area (Å²) in [5, 5.41) is 0. The molecule has 4 N–H and O–H groups in total. The number of hydrogen-bond donors (Lipinski definition) is 2. The van der Waals surface area contributed by atoms with Crippen LogP contribution in [-0.4, -0.2) is 18.2 Å². The molecule has 0 aliphatic rings. The van der Waals surface area contributed by atoms with Gasteiger partial charge in [-0.15, -0.1) is 0 Å². The molecule has 0 atom stereocenters. The van der Waals surface area contributed by atoms with Crippen molar-refractivity contribution in [2.24, 2.45) is 11.5 Å². The fourth-order valence-corrected chi connectivity index (χ4v) is 2.91. The number of ether oxygens (including phenoxy) is 1. The van der Waals surface area contributed by atoms with Gasteiger partial charge in [-0.2, -0.15) is 0 Å². The monoisotopic (exact) mass is 507 g/mol. The van der Waals surface area contributed by atoms with Crippen molar-refractivity contribution in [1.29, 1.82) is 0 Å². The van der Waals surface area contributed by atoms with Gasteiger partial charge >= 0.3 is 0 Å². The van der Waals surface area contributed by atoms with E-state index in [0.29, 0.717) is 16.6 Å². The lowest BCUT2D eigenvalue weighted by Gasteiger charge is -2.20. The van der Waals surface area contributed by atoms with E-state index in [-0.39, 0.29) is 34.7 Å². The molecule has 7 nitrogen and oxygen atoms in total. The highest BCUT2D eigenvalue weighted by atomic mass is 79.9. The number of carbonyl (C=O) groups is 3. The summed E-state index contributed by atoms with van der Waals surface area (Å²) in [6.45, 7) is 3.05. The van der Waals surface area contributed by atoms with E-state index >= 15 is 0 Å². The zero-order chi connectivity index (χ0) is 24.0. The van der Waals surface area contributed by atoms with E-state index in [1.54, 1.807) is 13.8 Å². The largest absolute Gasteiger partial charge is 0.488 e. The fraction of sp³-hybridized carbons (Fsp3) is 0.136. The Morgan fingerprint density at radius 2 is 1.66 bits per heavy atom. The van der Waals surface area contributed by atoms with Crippen LogP contribution in [0.1, 0.15) is 40.1 Å². The summed E-state index contributed by atoms with van der Waals surface area (Å²) < 4.78 is 33.1. The Kier molecular flexibility index (Phi) is 8.25. The van der Waals surface area contributed by atoms with Gasteiger partial charge in [-0.3, -0.25) is 19.3 Å². The molecule has 0 aromatic heterocycles. The molecule has 2 aromatic carbocycles. The molecule has 168 valence electrons. The van der Waals surface area contributed by atoms with Gasteiger partial charge in [0.25, 0.3) is 0 Å². The molecule has 0 fully saturated rings. The lowest BCUT2D eigenvalue weighted by molar-refractivity contribution is -0.107. The predicted octanol–water partition coefficient (Wildman–Crippen LogP) is 3.87. The number of rotatable bonds is 9. The summed E-state index contributed by atoms with van der Waals surface area (Å²) in [5.41, 5.74) is 11.2. The highest BCUT2D eigenvalue weighted by Crippen LogP contribution is 2.25. The van der Waals surface area contributed by atoms with Crippen LogP contribution in [0.15, 0.2) is 58.4 Å². The van der Waals surface area contributed by atoms with Crippen molar-refractivity contribution in [3.05, 3.63) is 86.7 Å². The van der Waals surface area contributed by atoms with Crippen molar-refractivity contribution in [2.45, 2.75) is 20.5 Å². The van der Waals surface area contributed by atoms with E-state index in [9.17, 15) is 23.2 Å². The van der Waals surface area contributed by atoms with Crippen molar-refractivity contribution in [3.63, 3.8) is 0 Å². The minimum Gasteiger partial charge on any atom is -0.488 e. The van der Waals surface area contributed by atoms with Crippen LogP contribution in [0.4, 0.5) is 14.5 Å². The van der Waals surface area contributed by atoms with E-state index < -0.39 is 23.4 Å². The SMILES string of the molecule is C/C(=C/C(OCc1ccc(F)cc1F)=C(\C)Br)N(C=O)c1cc(C(N)=O)cc(C(N)=O)c1. The third-order valence-corrected chi connectivity index (χ3v) is 4.72. The average molecular weight is 508 g/mol. The molecule has 10 heteroatoms. The molecule has 0 saturated heterocycles. The number of nitrogens with zero attached hydrogens (tertiary/aromatic N) is 1. The molecule has 0 unspecified atom stereocenters. The van der Waals surface area contributed by atoms with Crippen LogP contribution in [0.25, 0.3) is 0 Å². The summed E-state index contributed by atoms with van der Waals surface area (Å²) in [5.74, 6) is -2.80. The third-order valence-electron chi connectivity index (χ3n) is 4.33. The Bertz CT molecular complexity index is 1100. The second-order valence-electron chi connectivity index (χ2n) is 6.68. The van der Waals surface area contributed by atoms with Crippen LogP contribution in [0.5, 0.6) is 0 Å². The standard InChI is InChI=1S/C22H20BrF2N3O4/c1-12(5-20(13(2)23)32-10-14-3-4-17(24)9-19(14)25)28(11-29)18-7-15(21(26)30)6-16(8-18)22(27)31/h3-9,11H,10H2,1-2H3,(H2,26,30)(H2,27,31)/b12-5-,20-13-. The maximum Gasteiger partial charge on any atom is 0.248 e. The molecular weight excluding hydrogens is 488 g/mol. The van der Waals surface area contributed by atoms with E-state index in [1.165, 1.54) is 30.3 Å². The number of allylic oxidation sites excluding steroid dienone is 3. The number of hydrogen-bond acceptors (Lipinski definition) is 4. The smallest absolute Gasteiger partial charge is 0.248 e. The summed E-state index contributed by atoms with van der Waals surface area (Å²) >= 11 is 3.29. The minimum absolute atomic E-state index is 0.00794. The minimum atomic E-state index is -0.802. The third kappa shape index (κ3) is 6.24. The molecule has 0 radical (unpaired) electrons. The van der Waals surface area contributed by atoms with Gasteiger partial charge in [0.2, 0.25) is 18.2 Å². The Labute approximate surface area is 191 Å². The molecule has 0 aliphatic carbocycles. The number of nitrogens with two attached hydrogens (primary N) is 2. The molecule has 2 rings (SSSR count). The Balaban J connectivity index is 2.38. The van der Waals surface area contributed by atoms with Gasteiger partial charge in [0.1, 0.15) is 24.0 Å². The number of benzene rings is 2. The topological polar surface area (TPSA) is 116 Å². The second-order valence-corrected chi connectivity index (χ2v) is 7.87. The van der Waals surface area contributed by atoms with Crippen molar-refractivity contribution >= 4 is 39.8 Å². The van der Waals surface area contributed by atoms with Gasteiger partial charge in [0.05, 0.1) is 0 Å². The van der Waals surface area contributed by atoms with Crippen molar-refractivity contribution in [3.8, 4) is 0 Å². The maximum atomic E-state index is 13.9. The number of amides is 3. The Morgan fingerprint density at radius 1 is 1.06 bits per heavy atom. The summed E-state index contributed by atoms with van der Waals surface area (Å²) in [6, 6.07) is 7.02. The van der Waals surface area contributed by atoms with Crippen LogP contribution < -0.4 is 16.4 Å². The van der Waals surface area contributed by atoms with Gasteiger partial charge in [-0.1, -0.05) is 15.9 Å². The van der Waals surface area contributed by atoms with Crippen molar-refractivity contribution in [1.82, 2.24) is 0 Å². The van der Waals surface area contributed by atoms with Crippen molar-refractivity contribution < 1.29 is 27.9 Å². The molecule has 0 aliphatic heterocycles. The van der Waals surface area contributed by atoms with E-state index in [4.69, 9.17) is 16.2 Å². The molecular formula is C22H20BrF2N3O4. The first-order chi connectivity index (χ1) is 15.0. The zero-order valence-corrected chi connectivity index (χ0v) is 18.8. The molecule has 0 saturated carbocycles. The van der Waals surface area contributed by atoms with E-state index in [0.717, 1.165) is 17.0 Å². The predicted molar refractivity (Wildman–Crippen MR) is 119 cm³/mol. The van der Waals surface area contributed by atoms with Crippen LogP contribution in [0.2, 0.25) is 0 Å². The molecule has 2 aromatic rings. The Morgan fingerprint density at radius 3 is 2.12 bits per heavy atom. The van der Waals surface area contributed by atoms with Gasteiger partial charge in [-0.25, -0.2) is 8.78 Å². The number of primary amides is 2. The highest BCUT2D eigenvalue weighted by Gasteiger charge is 2.16.